The number of hydrogen-bond donors (Lipinski definition) is 1. The van der Waals surface area contributed by atoms with Gasteiger partial charge < -0.3 is 5.32 Å². The van der Waals surface area contributed by atoms with Crippen molar-refractivity contribution in [3.05, 3.63) is 29.3 Å². The molecule has 5 nitrogen and oxygen atoms in total. The zero-order valence-corrected chi connectivity index (χ0v) is 12.2. The zero-order valence-electron chi connectivity index (χ0n) is 12.2. The lowest BCUT2D eigenvalue weighted by Gasteiger charge is -2.14. The van der Waals surface area contributed by atoms with Crippen molar-refractivity contribution >= 4 is 5.82 Å². The van der Waals surface area contributed by atoms with Crippen LogP contribution < -0.4 is 5.32 Å². The first-order valence-corrected chi connectivity index (χ1v) is 6.68. The Morgan fingerprint density at radius 3 is 2.53 bits per heavy atom. The molecule has 0 aromatic carbocycles. The molecule has 0 atom stereocenters. The van der Waals surface area contributed by atoms with Crippen LogP contribution in [0, 0.1) is 13.8 Å². The van der Waals surface area contributed by atoms with Gasteiger partial charge in [-0.1, -0.05) is 13.8 Å². The van der Waals surface area contributed by atoms with E-state index >= 15 is 0 Å². The number of rotatable bonds is 4. The molecule has 0 unspecified atom stereocenters. The van der Waals surface area contributed by atoms with Crippen molar-refractivity contribution in [2.24, 2.45) is 0 Å². The van der Waals surface area contributed by atoms with Gasteiger partial charge in [-0.15, -0.1) is 0 Å². The molecule has 5 heteroatoms. The maximum Gasteiger partial charge on any atom is 0.162 e. The third-order valence-corrected chi connectivity index (χ3v) is 2.94. The van der Waals surface area contributed by atoms with Gasteiger partial charge in [0.1, 0.15) is 11.6 Å². The van der Waals surface area contributed by atoms with E-state index in [1.165, 1.54) is 0 Å². The summed E-state index contributed by atoms with van der Waals surface area (Å²) in [5.74, 6) is 2.87. The van der Waals surface area contributed by atoms with Gasteiger partial charge >= 0.3 is 0 Å². The van der Waals surface area contributed by atoms with E-state index in [1.54, 1.807) is 0 Å². The minimum Gasteiger partial charge on any atom is -0.370 e. The van der Waals surface area contributed by atoms with Crippen LogP contribution in [-0.4, -0.2) is 26.3 Å². The molecule has 0 radical (unpaired) electrons. The molecule has 2 aromatic heterocycles. The van der Waals surface area contributed by atoms with Crippen LogP contribution >= 0.6 is 0 Å². The molecular formula is C14H21N5. The Bertz CT molecular complexity index is 571. The van der Waals surface area contributed by atoms with Gasteiger partial charge in [-0.05, 0) is 26.8 Å². The highest BCUT2D eigenvalue weighted by Crippen LogP contribution is 2.22. The molecule has 0 aliphatic carbocycles. The van der Waals surface area contributed by atoms with E-state index in [1.807, 2.05) is 30.8 Å². The predicted octanol–water partition coefficient (Wildman–Crippen LogP) is 2.83. The molecule has 0 fully saturated rings. The Morgan fingerprint density at radius 2 is 2.00 bits per heavy atom. The van der Waals surface area contributed by atoms with Crippen molar-refractivity contribution in [1.82, 2.24) is 19.7 Å². The van der Waals surface area contributed by atoms with E-state index in [2.05, 4.69) is 41.2 Å². The van der Waals surface area contributed by atoms with Crippen LogP contribution in [0.2, 0.25) is 0 Å². The fourth-order valence-corrected chi connectivity index (χ4v) is 1.88. The van der Waals surface area contributed by atoms with E-state index in [-0.39, 0.29) is 5.92 Å². The summed E-state index contributed by atoms with van der Waals surface area (Å²) in [5, 5.41) is 7.74. The minimum absolute atomic E-state index is 0.286. The average Bonchev–Trinajstić information content (AvgIpc) is 2.78. The molecule has 0 amide bonds. The summed E-state index contributed by atoms with van der Waals surface area (Å²) in [6, 6.07) is 1.98. The van der Waals surface area contributed by atoms with E-state index < -0.39 is 0 Å². The second kappa shape index (κ2) is 5.38. The molecule has 0 saturated carbocycles. The summed E-state index contributed by atoms with van der Waals surface area (Å²) in [6.07, 6.45) is 1.94. The van der Waals surface area contributed by atoms with Crippen molar-refractivity contribution < 1.29 is 0 Å². The third-order valence-electron chi connectivity index (χ3n) is 2.94. The first kappa shape index (κ1) is 13.5. The summed E-state index contributed by atoms with van der Waals surface area (Å²) >= 11 is 0. The van der Waals surface area contributed by atoms with Crippen LogP contribution in [0.3, 0.4) is 0 Å². The Kier molecular flexibility index (Phi) is 3.83. The lowest BCUT2D eigenvalue weighted by molar-refractivity contribution is 0.738. The summed E-state index contributed by atoms with van der Waals surface area (Å²) < 4.78 is 1.82. The van der Waals surface area contributed by atoms with E-state index in [4.69, 9.17) is 0 Å². The van der Waals surface area contributed by atoms with Crippen LogP contribution in [0.4, 0.5) is 5.82 Å². The third kappa shape index (κ3) is 2.75. The molecule has 2 heterocycles. The number of aromatic nitrogens is 4. The summed E-state index contributed by atoms with van der Waals surface area (Å²) in [6.45, 7) is 11.1. The smallest absolute Gasteiger partial charge is 0.162 e. The van der Waals surface area contributed by atoms with Gasteiger partial charge in [0.25, 0.3) is 0 Å². The van der Waals surface area contributed by atoms with Gasteiger partial charge in [0.2, 0.25) is 0 Å². The fraction of sp³-hybridized carbons (Fsp3) is 0.500. The Labute approximate surface area is 114 Å². The minimum atomic E-state index is 0.286. The Morgan fingerprint density at radius 1 is 1.26 bits per heavy atom. The Hall–Kier alpha value is -1.91. The van der Waals surface area contributed by atoms with Gasteiger partial charge in [0.05, 0.1) is 5.69 Å². The summed E-state index contributed by atoms with van der Waals surface area (Å²) in [4.78, 5) is 9.24. The van der Waals surface area contributed by atoms with E-state index in [0.717, 1.165) is 35.3 Å². The number of hydrogen-bond acceptors (Lipinski definition) is 4. The second-order valence-corrected chi connectivity index (χ2v) is 4.97. The molecule has 0 bridgehead atoms. The van der Waals surface area contributed by atoms with Crippen LogP contribution in [-0.2, 0) is 0 Å². The fourth-order valence-electron chi connectivity index (χ4n) is 1.88. The monoisotopic (exact) mass is 259 g/mol. The standard InChI is InChI=1S/C14H21N5/c1-6-15-13-11(5)14(17-12(16-13)9(2)3)19-8-7-10(4)18-19/h7-9H,6H2,1-5H3,(H,15,16,17). The molecule has 19 heavy (non-hydrogen) atoms. The average molecular weight is 259 g/mol. The maximum absolute atomic E-state index is 4.65. The second-order valence-electron chi connectivity index (χ2n) is 4.97. The quantitative estimate of drug-likeness (QED) is 0.917. The molecule has 0 aliphatic rings. The molecule has 1 N–H and O–H groups in total. The predicted molar refractivity (Wildman–Crippen MR) is 76.9 cm³/mol. The van der Waals surface area contributed by atoms with Crippen molar-refractivity contribution in [2.45, 2.75) is 40.5 Å². The normalized spacial score (nSPS) is 11.1. The first-order chi connectivity index (χ1) is 9.02. The highest BCUT2D eigenvalue weighted by molar-refractivity contribution is 5.51. The first-order valence-electron chi connectivity index (χ1n) is 6.68. The highest BCUT2D eigenvalue weighted by atomic mass is 15.3. The topological polar surface area (TPSA) is 55.6 Å². The zero-order chi connectivity index (χ0) is 14.0. The largest absolute Gasteiger partial charge is 0.370 e. The van der Waals surface area contributed by atoms with Gasteiger partial charge in [-0.25, -0.2) is 14.6 Å². The van der Waals surface area contributed by atoms with Crippen molar-refractivity contribution in [2.75, 3.05) is 11.9 Å². The van der Waals surface area contributed by atoms with Crippen LogP contribution in [0.5, 0.6) is 0 Å². The number of nitrogens with one attached hydrogen (secondary N) is 1. The van der Waals surface area contributed by atoms with Crippen molar-refractivity contribution in [3.63, 3.8) is 0 Å². The van der Waals surface area contributed by atoms with E-state index in [9.17, 15) is 0 Å². The molecule has 2 aromatic rings. The molecular weight excluding hydrogens is 238 g/mol. The molecule has 2 rings (SSSR count). The van der Waals surface area contributed by atoms with E-state index in [0.29, 0.717) is 0 Å². The lowest BCUT2D eigenvalue weighted by Crippen LogP contribution is -2.12. The van der Waals surface area contributed by atoms with Gasteiger partial charge in [0, 0.05) is 24.2 Å². The molecule has 0 spiro atoms. The maximum atomic E-state index is 4.65. The van der Waals surface area contributed by atoms with Crippen LogP contribution in [0.25, 0.3) is 5.82 Å². The molecule has 0 saturated heterocycles. The highest BCUT2D eigenvalue weighted by Gasteiger charge is 2.14. The Balaban J connectivity index is 2.58. The molecule has 102 valence electrons. The summed E-state index contributed by atoms with van der Waals surface area (Å²) in [5.41, 5.74) is 2.00. The SMILES string of the molecule is CCNc1nc(C(C)C)nc(-n2ccc(C)n2)c1C. The van der Waals surface area contributed by atoms with Gasteiger partial charge in [-0.3, -0.25) is 0 Å². The van der Waals surface area contributed by atoms with Crippen molar-refractivity contribution in [1.29, 1.82) is 0 Å². The lowest BCUT2D eigenvalue weighted by atomic mass is 10.2. The van der Waals surface area contributed by atoms with Crippen molar-refractivity contribution in [3.8, 4) is 5.82 Å². The van der Waals surface area contributed by atoms with Crippen LogP contribution in [0.15, 0.2) is 12.3 Å². The molecule has 0 aliphatic heterocycles. The van der Waals surface area contributed by atoms with Crippen LogP contribution in [0.1, 0.15) is 43.8 Å². The number of aryl methyl sites for hydroxylation is 1. The number of nitrogens with zero attached hydrogens (tertiary/aromatic N) is 4. The van der Waals surface area contributed by atoms with Gasteiger partial charge in [0.15, 0.2) is 5.82 Å². The van der Waals surface area contributed by atoms with Gasteiger partial charge in [-0.2, -0.15) is 5.10 Å². The summed E-state index contributed by atoms with van der Waals surface area (Å²) in [7, 11) is 0. The number of anilines is 1.